The van der Waals surface area contributed by atoms with Crippen molar-refractivity contribution in [2.75, 3.05) is 26.7 Å². The minimum Gasteiger partial charge on any atom is -0.497 e. The summed E-state index contributed by atoms with van der Waals surface area (Å²) in [6, 6.07) is 10.9. The van der Waals surface area contributed by atoms with E-state index in [2.05, 4.69) is 35.4 Å². The normalized spacial score (nSPS) is 13.2. The highest BCUT2D eigenvalue weighted by atomic mass is 32.1. The zero-order valence-electron chi connectivity index (χ0n) is 18.5. The van der Waals surface area contributed by atoms with Crippen LogP contribution in [-0.2, 0) is 4.79 Å². The third-order valence-electron chi connectivity index (χ3n) is 5.18. The number of thiophene rings is 1. The summed E-state index contributed by atoms with van der Waals surface area (Å²) in [5.74, 6) is 0.374. The monoisotopic (exact) mass is 431 g/mol. The van der Waals surface area contributed by atoms with Gasteiger partial charge >= 0.3 is 0 Å². The van der Waals surface area contributed by atoms with Crippen LogP contribution >= 0.6 is 11.3 Å². The van der Waals surface area contributed by atoms with Crippen molar-refractivity contribution < 1.29 is 14.3 Å². The highest BCUT2D eigenvalue weighted by Crippen LogP contribution is 2.24. The Labute approximate surface area is 183 Å². The number of methoxy groups -OCH3 is 1. The van der Waals surface area contributed by atoms with Gasteiger partial charge in [0.2, 0.25) is 5.91 Å². The number of hydrogen-bond acceptors (Lipinski definition) is 5. The van der Waals surface area contributed by atoms with Gasteiger partial charge in [0.25, 0.3) is 5.91 Å². The molecule has 2 rings (SSSR count). The first-order valence-electron chi connectivity index (χ1n) is 10.4. The van der Waals surface area contributed by atoms with E-state index < -0.39 is 6.04 Å². The van der Waals surface area contributed by atoms with E-state index in [4.69, 9.17) is 4.74 Å². The Hall–Kier alpha value is -2.38. The van der Waals surface area contributed by atoms with Crippen LogP contribution in [0.5, 0.6) is 5.75 Å². The molecule has 0 aliphatic heterocycles. The summed E-state index contributed by atoms with van der Waals surface area (Å²) >= 11 is 1.36. The molecule has 30 heavy (non-hydrogen) atoms. The van der Waals surface area contributed by atoms with Gasteiger partial charge < -0.3 is 15.4 Å². The van der Waals surface area contributed by atoms with Crippen molar-refractivity contribution in [1.29, 1.82) is 0 Å². The number of ether oxygens (including phenoxy) is 1. The van der Waals surface area contributed by atoms with Gasteiger partial charge in [0.1, 0.15) is 11.8 Å². The fourth-order valence-electron chi connectivity index (χ4n) is 3.43. The van der Waals surface area contributed by atoms with Gasteiger partial charge in [-0.1, -0.05) is 45.9 Å². The summed E-state index contributed by atoms with van der Waals surface area (Å²) in [5.41, 5.74) is 1.09. The van der Waals surface area contributed by atoms with Crippen LogP contribution in [0.3, 0.4) is 0 Å². The van der Waals surface area contributed by atoms with Crippen LogP contribution in [-0.4, -0.2) is 49.5 Å². The lowest BCUT2D eigenvalue weighted by atomic mass is 10.0. The second kappa shape index (κ2) is 11.7. The van der Waals surface area contributed by atoms with Crippen molar-refractivity contribution in [3.63, 3.8) is 0 Å². The van der Waals surface area contributed by atoms with Gasteiger partial charge in [0.05, 0.1) is 18.0 Å². The van der Waals surface area contributed by atoms with E-state index in [-0.39, 0.29) is 23.8 Å². The molecule has 0 aliphatic carbocycles. The quantitative estimate of drug-likeness (QED) is 0.569. The lowest BCUT2D eigenvalue weighted by Gasteiger charge is -2.31. The van der Waals surface area contributed by atoms with Crippen LogP contribution in [0.4, 0.5) is 0 Å². The third-order valence-corrected chi connectivity index (χ3v) is 6.05. The van der Waals surface area contributed by atoms with Crippen LogP contribution in [0.15, 0.2) is 41.8 Å². The molecule has 1 aromatic heterocycles. The van der Waals surface area contributed by atoms with E-state index in [1.165, 1.54) is 11.3 Å². The maximum absolute atomic E-state index is 13.0. The number of hydrogen-bond donors (Lipinski definition) is 2. The predicted molar refractivity (Wildman–Crippen MR) is 122 cm³/mol. The van der Waals surface area contributed by atoms with E-state index in [1.54, 1.807) is 13.2 Å². The Kier molecular flexibility index (Phi) is 9.33. The Bertz CT molecular complexity index is 804. The second-order valence-corrected chi connectivity index (χ2v) is 8.38. The number of rotatable bonds is 11. The average molecular weight is 432 g/mol. The number of carbonyl (C=O) groups is 2. The first-order chi connectivity index (χ1) is 14.4. The van der Waals surface area contributed by atoms with Crippen LogP contribution in [0.1, 0.15) is 49.0 Å². The van der Waals surface area contributed by atoms with E-state index >= 15 is 0 Å². The highest BCUT2D eigenvalue weighted by Gasteiger charge is 2.27. The van der Waals surface area contributed by atoms with E-state index in [9.17, 15) is 9.59 Å². The summed E-state index contributed by atoms with van der Waals surface area (Å²) < 4.78 is 5.37. The summed E-state index contributed by atoms with van der Waals surface area (Å²) in [6.07, 6.45) is 0. The molecule has 2 unspecified atom stereocenters. The van der Waals surface area contributed by atoms with Gasteiger partial charge in [0, 0.05) is 6.54 Å². The van der Waals surface area contributed by atoms with Crippen molar-refractivity contribution in [3.8, 4) is 5.75 Å². The largest absolute Gasteiger partial charge is 0.497 e. The number of likely N-dealkylation sites (N-methyl/N-ethyl adjacent to an activating group) is 1. The van der Waals surface area contributed by atoms with Crippen molar-refractivity contribution in [1.82, 2.24) is 15.5 Å². The van der Waals surface area contributed by atoms with Crippen molar-refractivity contribution in [2.24, 2.45) is 5.92 Å². The molecule has 2 atom stereocenters. The maximum Gasteiger partial charge on any atom is 0.262 e. The Morgan fingerprint density at radius 2 is 1.87 bits per heavy atom. The molecule has 0 radical (unpaired) electrons. The molecule has 0 fully saturated rings. The third kappa shape index (κ3) is 6.31. The first-order valence-corrected chi connectivity index (χ1v) is 11.3. The Balaban J connectivity index is 2.12. The van der Waals surface area contributed by atoms with E-state index in [1.807, 2.05) is 43.5 Å². The van der Waals surface area contributed by atoms with Crippen LogP contribution < -0.4 is 15.4 Å². The molecule has 0 saturated carbocycles. The molecule has 0 aliphatic rings. The number of nitrogens with zero attached hydrogens (tertiary/aromatic N) is 1. The van der Waals surface area contributed by atoms with Crippen molar-refractivity contribution in [2.45, 2.75) is 39.8 Å². The maximum atomic E-state index is 13.0. The Morgan fingerprint density at radius 1 is 1.13 bits per heavy atom. The van der Waals surface area contributed by atoms with Crippen molar-refractivity contribution in [3.05, 3.63) is 52.2 Å². The standard InChI is InChI=1S/C23H33N3O3S/c1-6-26(7-2)19(17-10-8-11-18(14-17)29-5)15-24-23(28)21(16(3)4)25-22(27)20-12-9-13-30-20/h8-14,16,19,21H,6-7,15H2,1-5H3,(H,24,28)(H,25,27). The number of amides is 2. The first kappa shape index (κ1) is 23.9. The molecule has 2 aromatic rings. The zero-order valence-corrected chi connectivity index (χ0v) is 19.3. The molecule has 2 amide bonds. The average Bonchev–Trinajstić information content (AvgIpc) is 3.29. The summed E-state index contributed by atoms with van der Waals surface area (Å²) in [6.45, 7) is 10.2. The van der Waals surface area contributed by atoms with E-state index in [0.717, 1.165) is 24.4 Å². The molecule has 1 heterocycles. The smallest absolute Gasteiger partial charge is 0.262 e. The van der Waals surface area contributed by atoms with Gasteiger partial charge in [-0.15, -0.1) is 11.3 Å². The van der Waals surface area contributed by atoms with Crippen LogP contribution in [0.2, 0.25) is 0 Å². The predicted octanol–water partition coefficient (Wildman–Crippen LogP) is 3.71. The van der Waals surface area contributed by atoms with Gasteiger partial charge in [-0.3, -0.25) is 14.5 Å². The van der Waals surface area contributed by atoms with E-state index in [0.29, 0.717) is 11.4 Å². The van der Waals surface area contributed by atoms with Gasteiger partial charge in [-0.25, -0.2) is 0 Å². The molecule has 0 spiro atoms. The number of benzene rings is 1. The molecule has 1 aromatic carbocycles. The summed E-state index contributed by atoms with van der Waals surface area (Å²) in [5, 5.41) is 7.80. The van der Waals surface area contributed by atoms with Crippen molar-refractivity contribution >= 4 is 23.2 Å². The highest BCUT2D eigenvalue weighted by molar-refractivity contribution is 7.12. The Morgan fingerprint density at radius 3 is 2.43 bits per heavy atom. The fourth-order valence-corrected chi connectivity index (χ4v) is 4.06. The molecule has 7 heteroatoms. The molecule has 0 saturated heterocycles. The topological polar surface area (TPSA) is 70.7 Å². The molecule has 2 N–H and O–H groups in total. The number of nitrogens with one attached hydrogen (secondary N) is 2. The zero-order chi connectivity index (χ0) is 22.1. The molecule has 6 nitrogen and oxygen atoms in total. The SMILES string of the molecule is CCN(CC)C(CNC(=O)C(NC(=O)c1cccs1)C(C)C)c1cccc(OC)c1. The lowest BCUT2D eigenvalue weighted by Crippen LogP contribution is -2.51. The van der Waals surface area contributed by atoms with Crippen LogP contribution in [0.25, 0.3) is 0 Å². The van der Waals surface area contributed by atoms with Gasteiger partial charge in [-0.2, -0.15) is 0 Å². The summed E-state index contributed by atoms with van der Waals surface area (Å²) in [7, 11) is 1.65. The summed E-state index contributed by atoms with van der Waals surface area (Å²) in [4.78, 5) is 28.3. The fraction of sp³-hybridized carbons (Fsp3) is 0.478. The minimum absolute atomic E-state index is 0.0138. The van der Waals surface area contributed by atoms with Crippen LogP contribution in [0, 0.1) is 5.92 Å². The number of carbonyl (C=O) groups excluding carboxylic acids is 2. The minimum atomic E-state index is -0.595. The van der Waals surface area contributed by atoms with Gasteiger partial charge in [-0.05, 0) is 48.2 Å². The molecular weight excluding hydrogens is 398 g/mol. The second-order valence-electron chi connectivity index (χ2n) is 7.43. The molecule has 164 valence electrons. The molecular formula is C23H33N3O3S. The molecule has 0 bridgehead atoms. The van der Waals surface area contributed by atoms with Gasteiger partial charge in [0.15, 0.2) is 0 Å². The lowest BCUT2D eigenvalue weighted by molar-refractivity contribution is -0.124.